The Hall–Kier alpha value is -1.03. The topological polar surface area (TPSA) is 29.1 Å². The number of thiophene rings is 1. The molecule has 0 radical (unpaired) electrons. The highest BCUT2D eigenvalue weighted by Gasteiger charge is 2.07. The molecule has 0 aliphatic carbocycles. The molecule has 0 atom stereocenters. The number of hydrogen-bond acceptors (Lipinski definition) is 2. The monoisotopic (exact) mass is 299 g/mol. The Bertz CT molecular complexity index is 540. The average Bonchev–Trinajstić information content (AvgIpc) is 2.84. The van der Waals surface area contributed by atoms with Crippen molar-refractivity contribution in [2.75, 3.05) is 5.32 Å². The van der Waals surface area contributed by atoms with Gasteiger partial charge in [0.15, 0.2) is 0 Å². The number of hydrogen-bond donors (Lipinski definition) is 1. The second-order valence-corrected chi connectivity index (χ2v) is 5.43. The highest BCUT2D eigenvalue weighted by atomic mass is 35.5. The van der Waals surface area contributed by atoms with Crippen LogP contribution in [0.2, 0.25) is 10.0 Å². The van der Waals surface area contributed by atoms with E-state index in [1.807, 2.05) is 16.8 Å². The highest BCUT2D eigenvalue weighted by Crippen LogP contribution is 2.25. The van der Waals surface area contributed by atoms with E-state index in [4.69, 9.17) is 23.2 Å². The summed E-state index contributed by atoms with van der Waals surface area (Å²) in [5.74, 6) is -0.0645. The summed E-state index contributed by atoms with van der Waals surface area (Å²) in [6.07, 6.45) is 1.16. The van der Waals surface area contributed by atoms with E-state index in [0.717, 1.165) is 6.42 Å². The number of anilines is 1. The van der Waals surface area contributed by atoms with Crippen molar-refractivity contribution in [2.24, 2.45) is 0 Å². The van der Waals surface area contributed by atoms with Gasteiger partial charge < -0.3 is 5.32 Å². The molecule has 1 N–H and O–H groups in total. The first-order chi connectivity index (χ1) is 8.65. The van der Waals surface area contributed by atoms with Gasteiger partial charge >= 0.3 is 0 Å². The summed E-state index contributed by atoms with van der Waals surface area (Å²) in [4.78, 5) is 11.8. The Morgan fingerprint density at radius 2 is 2.11 bits per heavy atom. The maximum atomic E-state index is 11.8. The molecule has 0 bridgehead atoms. The van der Waals surface area contributed by atoms with Crippen LogP contribution in [0.1, 0.15) is 12.0 Å². The van der Waals surface area contributed by atoms with Crippen LogP contribution < -0.4 is 5.32 Å². The second kappa shape index (κ2) is 6.23. The largest absolute Gasteiger partial charge is 0.325 e. The molecule has 94 valence electrons. The summed E-state index contributed by atoms with van der Waals surface area (Å²) in [5, 5.41) is 7.84. The summed E-state index contributed by atoms with van der Waals surface area (Å²) < 4.78 is 0. The lowest BCUT2D eigenvalue weighted by molar-refractivity contribution is -0.116. The highest BCUT2D eigenvalue weighted by molar-refractivity contribution is 7.07. The van der Waals surface area contributed by atoms with Crippen molar-refractivity contribution in [3.05, 3.63) is 50.6 Å². The molecule has 18 heavy (non-hydrogen) atoms. The molecule has 1 aromatic carbocycles. The summed E-state index contributed by atoms with van der Waals surface area (Å²) in [7, 11) is 0. The van der Waals surface area contributed by atoms with Gasteiger partial charge in [-0.05, 0) is 47.0 Å². The van der Waals surface area contributed by atoms with Gasteiger partial charge in [0.2, 0.25) is 5.91 Å². The third kappa shape index (κ3) is 3.73. The molecule has 0 saturated heterocycles. The Morgan fingerprint density at radius 1 is 1.28 bits per heavy atom. The molecule has 0 fully saturated rings. The van der Waals surface area contributed by atoms with Crippen LogP contribution in [0.15, 0.2) is 35.0 Å². The van der Waals surface area contributed by atoms with Gasteiger partial charge in [0.25, 0.3) is 0 Å². The Kier molecular flexibility index (Phi) is 4.64. The molecule has 2 nitrogen and oxygen atoms in total. The lowest BCUT2D eigenvalue weighted by Gasteiger charge is -2.07. The third-order valence-electron chi connectivity index (χ3n) is 2.42. The van der Waals surface area contributed by atoms with Crippen molar-refractivity contribution in [2.45, 2.75) is 12.8 Å². The lowest BCUT2D eigenvalue weighted by Crippen LogP contribution is -2.12. The minimum atomic E-state index is -0.0645. The van der Waals surface area contributed by atoms with E-state index in [1.54, 1.807) is 29.5 Å². The number of carbonyl (C=O) groups is 1. The molecule has 0 spiro atoms. The van der Waals surface area contributed by atoms with Gasteiger partial charge in [-0.25, -0.2) is 0 Å². The van der Waals surface area contributed by atoms with Gasteiger partial charge in [0.05, 0.1) is 10.7 Å². The molecule has 0 aliphatic heterocycles. The molecule has 0 saturated carbocycles. The number of aryl methyl sites for hydroxylation is 1. The minimum Gasteiger partial charge on any atom is -0.325 e. The molecular weight excluding hydrogens is 289 g/mol. The summed E-state index contributed by atoms with van der Waals surface area (Å²) in [5.41, 5.74) is 1.73. The van der Waals surface area contributed by atoms with Gasteiger partial charge in [-0.3, -0.25) is 4.79 Å². The van der Waals surface area contributed by atoms with Crippen LogP contribution in [0.25, 0.3) is 0 Å². The van der Waals surface area contributed by atoms with E-state index in [-0.39, 0.29) is 5.91 Å². The number of halogens is 2. The number of benzene rings is 1. The van der Waals surface area contributed by atoms with Crippen LogP contribution in [0.5, 0.6) is 0 Å². The molecule has 0 aliphatic rings. The molecule has 1 aromatic heterocycles. The normalized spacial score (nSPS) is 10.3. The molecule has 2 rings (SSSR count). The van der Waals surface area contributed by atoms with E-state index in [2.05, 4.69) is 5.32 Å². The van der Waals surface area contributed by atoms with Crippen LogP contribution in [0.3, 0.4) is 0 Å². The standard InChI is InChI=1S/C13H11Cl2NOS/c14-10-2-3-11(15)12(7-10)16-13(17)4-1-9-5-6-18-8-9/h2-3,5-8H,1,4H2,(H,16,17). The maximum Gasteiger partial charge on any atom is 0.224 e. The van der Waals surface area contributed by atoms with E-state index < -0.39 is 0 Å². The minimum absolute atomic E-state index is 0.0645. The van der Waals surface area contributed by atoms with E-state index in [1.165, 1.54) is 5.56 Å². The van der Waals surface area contributed by atoms with Crippen molar-refractivity contribution < 1.29 is 4.79 Å². The van der Waals surface area contributed by atoms with Gasteiger partial charge in [0, 0.05) is 11.4 Å². The van der Waals surface area contributed by atoms with Crippen molar-refractivity contribution in [3.63, 3.8) is 0 Å². The zero-order chi connectivity index (χ0) is 13.0. The fourth-order valence-corrected chi connectivity index (χ4v) is 2.54. The number of rotatable bonds is 4. The van der Waals surface area contributed by atoms with E-state index in [9.17, 15) is 4.79 Å². The predicted octanol–water partition coefficient (Wildman–Crippen LogP) is 4.63. The Labute approximate surface area is 120 Å². The Morgan fingerprint density at radius 3 is 2.83 bits per heavy atom. The average molecular weight is 300 g/mol. The Balaban J connectivity index is 1.92. The lowest BCUT2D eigenvalue weighted by atomic mass is 10.2. The molecule has 5 heteroatoms. The van der Waals surface area contributed by atoms with Crippen LogP contribution >= 0.6 is 34.5 Å². The van der Waals surface area contributed by atoms with E-state index in [0.29, 0.717) is 22.2 Å². The quantitative estimate of drug-likeness (QED) is 0.876. The first kappa shape index (κ1) is 13.4. The predicted molar refractivity (Wildman–Crippen MR) is 77.7 cm³/mol. The zero-order valence-corrected chi connectivity index (χ0v) is 11.8. The van der Waals surface area contributed by atoms with Gasteiger partial charge in [0.1, 0.15) is 0 Å². The maximum absolute atomic E-state index is 11.8. The molecule has 1 heterocycles. The van der Waals surface area contributed by atoms with E-state index >= 15 is 0 Å². The van der Waals surface area contributed by atoms with Crippen LogP contribution in [-0.4, -0.2) is 5.91 Å². The molecule has 0 unspecified atom stereocenters. The first-order valence-electron chi connectivity index (χ1n) is 5.41. The van der Waals surface area contributed by atoms with Gasteiger partial charge in [-0.15, -0.1) is 0 Å². The molecule has 1 amide bonds. The fourth-order valence-electron chi connectivity index (χ4n) is 1.50. The van der Waals surface area contributed by atoms with Crippen molar-refractivity contribution in [3.8, 4) is 0 Å². The number of nitrogens with one attached hydrogen (secondary N) is 1. The smallest absolute Gasteiger partial charge is 0.224 e. The summed E-state index contributed by atoms with van der Waals surface area (Å²) in [6, 6.07) is 7.01. The van der Waals surface area contributed by atoms with Crippen molar-refractivity contribution >= 4 is 46.1 Å². The number of carbonyl (C=O) groups excluding carboxylic acids is 1. The van der Waals surface area contributed by atoms with Crippen molar-refractivity contribution in [1.82, 2.24) is 0 Å². The van der Waals surface area contributed by atoms with Gasteiger partial charge in [-0.1, -0.05) is 23.2 Å². The number of amides is 1. The molecule has 2 aromatic rings. The molecular formula is C13H11Cl2NOS. The van der Waals surface area contributed by atoms with Crippen LogP contribution in [0.4, 0.5) is 5.69 Å². The van der Waals surface area contributed by atoms with Crippen LogP contribution in [0, 0.1) is 0 Å². The summed E-state index contributed by atoms with van der Waals surface area (Å²) in [6.45, 7) is 0. The fraction of sp³-hybridized carbons (Fsp3) is 0.154. The van der Waals surface area contributed by atoms with Crippen molar-refractivity contribution in [1.29, 1.82) is 0 Å². The van der Waals surface area contributed by atoms with Crippen LogP contribution in [-0.2, 0) is 11.2 Å². The zero-order valence-electron chi connectivity index (χ0n) is 9.45. The third-order valence-corrected chi connectivity index (χ3v) is 3.72. The first-order valence-corrected chi connectivity index (χ1v) is 7.11. The SMILES string of the molecule is O=C(CCc1ccsc1)Nc1cc(Cl)ccc1Cl. The summed E-state index contributed by atoms with van der Waals surface area (Å²) >= 11 is 13.4. The van der Waals surface area contributed by atoms with Gasteiger partial charge in [-0.2, -0.15) is 11.3 Å². The second-order valence-electron chi connectivity index (χ2n) is 3.80.